The molecule has 0 unspecified atom stereocenters. The van der Waals surface area contributed by atoms with E-state index in [4.69, 9.17) is 10.00 Å². The number of aromatic nitrogens is 3. The molecule has 26 heavy (non-hydrogen) atoms. The van der Waals surface area contributed by atoms with E-state index >= 15 is 0 Å². The van der Waals surface area contributed by atoms with Crippen molar-refractivity contribution in [2.24, 2.45) is 0 Å². The van der Waals surface area contributed by atoms with E-state index in [0.29, 0.717) is 5.69 Å². The van der Waals surface area contributed by atoms with E-state index in [2.05, 4.69) is 41.8 Å². The lowest BCUT2D eigenvalue weighted by molar-refractivity contribution is 0.122. The van der Waals surface area contributed by atoms with E-state index in [1.165, 1.54) is 0 Å². The average molecular weight is 351 g/mol. The maximum Gasteiger partial charge on any atom is 0.142 e. The van der Waals surface area contributed by atoms with Crippen molar-refractivity contribution in [3.63, 3.8) is 0 Å². The van der Waals surface area contributed by atoms with Crippen LogP contribution in [0.2, 0.25) is 0 Å². The number of nitriles is 1. The van der Waals surface area contributed by atoms with Gasteiger partial charge in [-0.25, -0.2) is 15.0 Å². The van der Waals surface area contributed by atoms with Gasteiger partial charge in [-0.3, -0.25) is 0 Å². The Balaban J connectivity index is 1.42. The number of ether oxygens (including phenoxy) is 1. The Bertz CT molecular complexity index is 792. The highest BCUT2D eigenvalue weighted by molar-refractivity contribution is 5.52. The highest BCUT2D eigenvalue weighted by Crippen LogP contribution is 2.21. The van der Waals surface area contributed by atoms with E-state index in [0.717, 1.165) is 69.9 Å². The summed E-state index contributed by atoms with van der Waals surface area (Å²) < 4.78 is 5.41. The summed E-state index contributed by atoms with van der Waals surface area (Å²) in [5.74, 6) is 2.78. The van der Waals surface area contributed by atoms with Gasteiger partial charge in [0.2, 0.25) is 0 Å². The standard InChI is InChI=1S/C18H21N7O/c19-13-15-2-1-3-16(22-15)23-4-6-24(7-5-23)17-12-18(21-14-20-17)25-8-10-26-11-9-25/h1-3,12,14H,4-11H2. The van der Waals surface area contributed by atoms with Crippen molar-refractivity contribution < 1.29 is 4.74 Å². The van der Waals surface area contributed by atoms with Gasteiger partial charge in [-0.05, 0) is 12.1 Å². The molecule has 0 aromatic carbocycles. The summed E-state index contributed by atoms with van der Waals surface area (Å²) in [7, 11) is 0. The van der Waals surface area contributed by atoms with Gasteiger partial charge in [-0.2, -0.15) is 5.26 Å². The Kier molecular flexibility index (Phi) is 4.80. The first kappa shape index (κ1) is 16.5. The maximum atomic E-state index is 9.02. The normalized spacial score (nSPS) is 17.9. The summed E-state index contributed by atoms with van der Waals surface area (Å²) in [5.41, 5.74) is 0.455. The van der Waals surface area contributed by atoms with Gasteiger partial charge < -0.3 is 19.4 Å². The first-order chi connectivity index (χ1) is 12.8. The summed E-state index contributed by atoms with van der Waals surface area (Å²) in [5, 5.41) is 9.02. The number of piperazine rings is 1. The number of pyridine rings is 1. The summed E-state index contributed by atoms with van der Waals surface area (Å²) in [6.45, 7) is 6.63. The van der Waals surface area contributed by atoms with Crippen LogP contribution in [0, 0.1) is 11.3 Å². The van der Waals surface area contributed by atoms with Gasteiger partial charge in [0.25, 0.3) is 0 Å². The number of hydrogen-bond donors (Lipinski definition) is 0. The van der Waals surface area contributed by atoms with Gasteiger partial charge in [0, 0.05) is 45.3 Å². The van der Waals surface area contributed by atoms with E-state index in [1.807, 2.05) is 12.1 Å². The molecule has 0 spiro atoms. The van der Waals surface area contributed by atoms with Crippen LogP contribution in [0.15, 0.2) is 30.6 Å². The monoisotopic (exact) mass is 351 g/mol. The molecule has 2 aromatic rings. The lowest BCUT2D eigenvalue weighted by Crippen LogP contribution is -2.47. The Morgan fingerprint density at radius 2 is 1.46 bits per heavy atom. The van der Waals surface area contributed by atoms with E-state index in [-0.39, 0.29) is 0 Å². The summed E-state index contributed by atoms with van der Waals surface area (Å²) in [6.07, 6.45) is 1.64. The first-order valence-corrected chi connectivity index (χ1v) is 8.85. The highest BCUT2D eigenvalue weighted by Gasteiger charge is 2.21. The van der Waals surface area contributed by atoms with Crippen LogP contribution in [0.3, 0.4) is 0 Å². The van der Waals surface area contributed by atoms with Crippen molar-refractivity contribution in [2.75, 3.05) is 67.2 Å². The molecule has 0 amide bonds. The molecule has 0 N–H and O–H groups in total. The minimum atomic E-state index is 0.455. The third-order valence-electron chi connectivity index (χ3n) is 4.75. The van der Waals surface area contributed by atoms with Crippen LogP contribution < -0.4 is 14.7 Å². The van der Waals surface area contributed by atoms with Gasteiger partial charge >= 0.3 is 0 Å². The predicted octanol–water partition coefficient (Wildman–Crippen LogP) is 0.906. The second-order valence-electron chi connectivity index (χ2n) is 6.30. The largest absolute Gasteiger partial charge is 0.378 e. The topological polar surface area (TPSA) is 81.4 Å². The molecule has 0 radical (unpaired) electrons. The fourth-order valence-electron chi connectivity index (χ4n) is 3.30. The number of hydrogen-bond acceptors (Lipinski definition) is 8. The van der Waals surface area contributed by atoms with Crippen LogP contribution in [-0.4, -0.2) is 67.4 Å². The fraction of sp³-hybridized carbons (Fsp3) is 0.444. The molecule has 0 saturated carbocycles. The molecule has 0 bridgehead atoms. The van der Waals surface area contributed by atoms with E-state index < -0.39 is 0 Å². The average Bonchev–Trinajstić information content (AvgIpc) is 2.75. The van der Waals surface area contributed by atoms with Crippen molar-refractivity contribution in [1.29, 1.82) is 5.26 Å². The SMILES string of the molecule is N#Cc1cccc(N2CCN(c3cc(N4CCOCC4)ncn3)CC2)n1. The molecule has 2 aromatic heterocycles. The van der Waals surface area contributed by atoms with Crippen LogP contribution in [-0.2, 0) is 4.74 Å². The van der Waals surface area contributed by atoms with Crippen LogP contribution in [0.25, 0.3) is 0 Å². The Hall–Kier alpha value is -2.92. The van der Waals surface area contributed by atoms with Crippen LogP contribution in [0.4, 0.5) is 17.5 Å². The van der Waals surface area contributed by atoms with Crippen molar-refractivity contribution in [3.8, 4) is 6.07 Å². The summed E-state index contributed by atoms with van der Waals surface area (Å²) in [6, 6.07) is 9.73. The zero-order valence-electron chi connectivity index (χ0n) is 14.6. The smallest absolute Gasteiger partial charge is 0.142 e. The van der Waals surface area contributed by atoms with Gasteiger partial charge in [-0.15, -0.1) is 0 Å². The third kappa shape index (κ3) is 3.53. The minimum absolute atomic E-state index is 0.455. The van der Waals surface area contributed by atoms with Crippen molar-refractivity contribution in [2.45, 2.75) is 0 Å². The molecule has 8 nitrogen and oxygen atoms in total. The lowest BCUT2D eigenvalue weighted by Gasteiger charge is -2.36. The Labute approximate surface area is 152 Å². The zero-order valence-corrected chi connectivity index (χ0v) is 14.6. The Morgan fingerprint density at radius 1 is 0.846 bits per heavy atom. The molecule has 2 saturated heterocycles. The minimum Gasteiger partial charge on any atom is -0.378 e. The van der Waals surface area contributed by atoms with Crippen molar-refractivity contribution in [3.05, 3.63) is 36.3 Å². The van der Waals surface area contributed by atoms with Crippen molar-refractivity contribution >= 4 is 17.5 Å². The molecule has 2 aliphatic heterocycles. The number of rotatable bonds is 3. The summed E-state index contributed by atoms with van der Waals surface area (Å²) in [4.78, 5) is 20.0. The second-order valence-corrected chi connectivity index (χ2v) is 6.30. The zero-order chi connectivity index (χ0) is 17.8. The fourth-order valence-corrected chi connectivity index (χ4v) is 3.30. The molecule has 2 fully saturated rings. The number of morpholine rings is 1. The van der Waals surface area contributed by atoms with Gasteiger partial charge in [0.1, 0.15) is 35.5 Å². The van der Waals surface area contributed by atoms with Gasteiger partial charge in [-0.1, -0.05) is 6.07 Å². The first-order valence-electron chi connectivity index (χ1n) is 8.85. The van der Waals surface area contributed by atoms with E-state index in [9.17, 15) is 0 Å². The molecular weight excluding hydrogens is 330 g/mol. The van der Waals surface area contributed by atoms with Gasteiger partial charge in [0.15, 0.2) is 0 Å². The lowest BCUT2D eigenvalue weighted by atomic mass is 10.3. The number of nitrogens with zero attached hydrogens (tertiary/aromatic N) is 7. The highest BCUT2D eigenvalue weighted by atomic mass is 16.5. The molecule has 0 atom stereocenters. The quantitative estimate of drug-likeness (QED) is 0.807. The molecule has 2 aliphatic rings. The third-order valence-corrected chi connectivity index (χ3v) is 4.75. The maximum absolute atomic E-state index is 9.02. The molecule has 4 rings (SSSR count). The molecular formula is C18H21N7O. The molecule has 8 heteroatoms. The van der Waals surface area contributed by atoms with Crippen LogP contribution >= 0.6 is 0 Å². The second kappa shape index (κ2) is 7.54. The Morgan fingerprint density at radius 3 is 2.12 bits per heavy atom. The van der Waals surface area contributed by atoms with Gasteiger partial charge in [0.05, 0.1) is 13.2 Å². The number of anilines is 3. The van der Waals surface area contributed by atoms with Crippen LogP contribution in [0.5, 0.6) is 0 Å². The predicted molar refractivity (Wildman–Crippen MR) is 98.4 cm³/mol. The molecule has 0 aliphatic carbocycles. The molecule has 134 valence electrons. The van der Waals surface area contributed by atoms with Crippen LogP contribution in [0.1, 0.15) is 5.69 Å². The van der Waals surface area contributed by atoms with E-state index in [1.54, 1.807) is 12.4 Å². The summed E-state index contributed by atoms with van der Waals surface area (Å²) >= 11 is 0. The van der Waals surface area contributed by atoms with Crippen molar-refractivity contribution in [1.82, 2.24) is 15.0 Å². The molecule has 4 heterocycles.